The number of hydrogen-bond donors (Lipinski definition) is 1. The normalized spacial score (nSPS) is 10.2. The molecule has 0 bridgehead atoms. The molecule has 0 aliphatic heterocycles. The molecule has 0 fully saturated rings. The van der Waals surface area contributed by atoms with Gasteiger partial charge in [-0.1, -0.05) is 12.1 Å². The van der Waals surface area contributed by atoms with Gasteiger partial charge in [0.1, 0.15) is 5.69 Å². The van der Waals surface area contributed by atoms with Crippen molar-refractivity contribution in [2.75, 3.05) is 14.1 Å². The lowest BCUT2D eigenvalue weighted by molar-refractivity contribution is 0.0827. The van der Waals surface area contributed by atoms with Crippen molar-refractivity contribution in [1.29, 1.82) is 0 Å². The van der Waals surface area contributed by atoms with Crippen molar-refractivity contribution in [1.82, 2.24) is 14.8 Å². The van der Waals surface area contributed by atoms with Crippen LogP contribution in [0.15, 0.2) is 42.6 Å². The minimum Gasteiger partial charge on any atom is -0.347 e. The Morgan fingerprint density at radius 3 is 2.33 bits per heavy atom. The third kappa shape index (κ3) is 3.51. The molecule has 0 saturated heterocycles. The number of nitrogens with one attached hydrogen (secondary N) is 1. The summed E-state index contributed by atoms with van der Waals surface area (Å²) in [5.74, 6) is -0.148. The van der Waals surface area contributed by atoms with Gasteiger partial charge < -0.3 is 14.8 Å². The van der Waals surface area contributed by atoms with Crippen LogP contribution in [0.25, 0.3) is 0 Å². The van der Waals surface area contributed by atoms with E-state index >= 15 is 0 Å². The summed E-state index contributed by atoms with van der Waals surface area (Å²) in [7, 11) is 5.27. The van der Waals surface area contributed by atoms with Crippen molar-refractivity contribution in [3.05, 3.63) is 59.4 Å². The van der Waals surface area contributed by atoms with Crippen LogP contribution < -0.4 is 5.32 Å². The number of rotatable bonds is 4. The second kappa shape index (κ2) is 6.26. The van der Waals surface area contributed by atoms with Crippen molar-refractivity contribution >= 4 is 11.8 Å². The van der Waals surface area contributed by atoms with E-state index in [1.165, 1.54) is 4.90 Å². The van der Waals surface area contributed by atoms with E-state index in [0.29, 0.717) is 17.8 Å². The van der Waals surface area contributed by atoms with E-state index in [2.05, 4.69) is 5.32 Å². The number of benzene rings is 1. The Labute approximate surface area is 124 Å². The van der Waals surface area contributed by atoms with Crippen molar-refractivity contribution < 1.29 is 9.59 Å². The quantitative estimate of drug-likeness (QED) is 0.929. The molecule has 0 unspecified atom stereocenters. The van der Waals surface area contributed by atoms with E-state index in [-0.39, 0.29) is 11.8 Å². The number of amides is 2. The van der Waals surface area contributed by atoms with E-state index in [9.17, 15) is 9.59 Å². The molecule has 21 heavy (non-hydrogen) atoms. The van der Waals surface area contributed by atoms with Crippen molar-refractivity contribution in [3.63, 3.8) is 0 Å². The fourth-order valence-electron chi connectivity index (χ4n) is 1.99. The summed E-state index contributed by atoms with van der Waals surface area (Å²) >= 11 is 0. The fraction of sp³-hybridized carbons (Fsp3) is 0.250. The second-order valence-electron chi connectivity index (χ2n) is 5.08. The molecule has 0 saturated carbocycles. The molecule has 110 valence electrons. The van der Waals surface area contributed by atoms with Gasteiger partial charge in [0, 0.05) is 39.4 Å². The molecule has 5 nitrogen and oxygen atoms in total. The van der Waals surface area contributed by atoms with Crippen LogP contribution in [0.2, 0.25) is 0 Å². The summed E-state index contributed by atoms with van der Waals surface area (Å²) in [6.07, 6.45) is 1.83. The highest BCUT2D eigenvalue weighted by molar-refractivity contribution is 5.94. The SMILES string of the molecule is CN(C)C(=O)c1ccc(CNC(=O)c2cccn2C)cc1. The summed E-state index contributed by atoms with van der Waals surface area (Å²) in [5.41, 5.74) is 2.21. The molecule has 0 aliphatic carbocycles. The molecule has 1 heterocycles. The molecule has 2 rings (SSSR count). The number of hydrogen-bond acceptors (Lipinski definition) is 2. The number of carbonyl (C=O) groups is 2. The van der Waals surface area contributed by atoms with Crippen molar-refractivity contribution in [2.45, 2.75) is 6.54 Å². The zero-order valence-electron chi connectivity index (χ0n) is 12.5. The van der Waals surface area contributed by atoms with Gasteiger partial charge in [0.25, 0.3) is 11.8 Å². The molecule has 0 aliphatic rings. The summed E-state index contributed by atoms with van der Waals surface area (Å²) in [5, 5.41) is 2.86. The topological polar surface area (TPSA) is 54.3 Å². The molecule has 2 amide bonds. The fourth-order valence-corrected chi connectivity index (χ4v) is 1.99. The van der Waals surface area contributed by atoms with Crippen LogP contribution in [-0.4, -0.2) is 35.4 Å². The summed E-state index contributed by atoms with van der Waals surface area (Å²) < 4.78 is 1.77. The van der Waals surface area contributed by atoms with Gasteiger partial charge in [-0.2, -0.15) is 0 Å². The van der Waals surface area contributed by atoms with Gasteiger partial charge >= 0.3 is 0 Å². The monoisotopic (exact) mass is 285 g/mol. The van der Waals surface area contributed by atoms with Gasteiger partial charge in [-0.25, -0.2) is 0 Å². The number of carbonyl (C=O) groups excluding carboxylic acids is 2. The molecule has 1 N–H and O–H groups in total. The predicted molar refractivity (Wildman–Crippen MR) is 81.0 cm³/mol. The lowest BCUT2D eigenvalue weighted by Gasteiger charge is -2.11. The van der Waals surface area contributed by atoms with E-state index in [0.717, 1.165) is 5.56 Å². The largest absolute Gasteiger partial charge is 0.347 e. The summed E-state index contributed by atoms with van der Waals surface area (Å²) in [4.78, 5) is 25.3. The first-order chi connectivity index (χ1) is 9.99. The zero-order chi connectivity index (χ0) is 15.4. The van der Waals surface area contributed by atoms with Crippen molar-refractivity contribution in [3.8, 4) is 0 Å². The lowest BCUT2D eigenvalue weighted by atomic mass is 10.1. The van der Waals surface area contributed by atoms with Crippen LogP contribution in [-0.2, 0) is 13.6 Å². The molecular formula is C16H19N3O2. The molecule has 0 spiro atoms. The van der Waals surface area contributed by atoms with Crippen LogP contribution >= 0.6 is 0 Å². The maximum Gasteiger partial charge on any atom is 0.268 e. The Bertz CT molecular complexity index is 642. The summed E-state index contributed by atoms with van der Waals surface area (Å²) in [6.45, 7) is 0.431. The smallest absolute Gasteiger partial charge is 0.268 e. The maximum atomic E-state index is 12.0. The highest BCUT2D eigenvalue weighted by Gasteiger charge is 2.09. The average molecular weight is 285 g/mol. The average Bonchev–Trinajstić information content (AvgIpc) is 2.90. The van der Waals surface area contributed by atoms with Crippen LogP contribution in [0.3, 0.4) is 0 Å². The van der Waals surface area contributed by atoms with Gasteiger partial charge in [-0.05, 0) is 29.8 Å². The van der Waals surface area contributed by atoms with E-state index in [1.807, 2.05) is 31.4 Å². The first-order valence-electron chi connectivity index (χ1n) is 6.69. The minimum absolute atomic E-state index is 0.0330. The van der Waals surface area contributed by atoms with Gasteiger partial charge in [0.05, 0.1) is 0 Å². The zero-order valence-corrected chi connectivity index (χ0v) is 12.5. The third-order valence-corrected chi connectivity index (χ3v) is 3.24. The molecule has 0 radical (unpaired) electrons. The Morgan fingerprint density at radius 2 is 1.81 bits per heavy atom. The third-order valence-electron chi connectivity index (χ3n) is 3.24. The van der Waals surface area contributed by atoms with Crippen molar-refractivity contribution in [2.24, 2.45) is 7.05 Å². The van der Waals surface area contributed by atoms with Gasteiger partial charge in [0.2, 0.25) is 0 Å². The highest BCUT2D eigenvalue weighted by atomic mass is 16.2. The van der Waals surface area contributed by atoms with Crippen LogP contribution in [0.1, 0.15) is 26.4 Å². The summed E-state index contributed by atoms with van der Waals surface area (Å²) in [6, 6.07) is 10.8. The second-order valence-corrected chi connectivity index (χ2v) is 5.08. The first-order valence-corrected chi connectivity index (χ1v) is 6.69. The molecule has 1 aromatic heterocycles. The van der Waals surface area contributed by atoms with Gasteiger partial charge in [0.15, 0.2) is 0 Å². The van der Waals surface area contributed by atoms with E-state index in [1.54, 1.807) is 36.9 Å². The number of aryl methyl sites for hydroxylation is 1. The molecule has 2 aromatic rings. The standard InChI is InChI=1S/C16H19N3O2/c1-18(2)16(21)13-8-6-12(7-9-13)11-17-15(20)14-5-4-10-19(14)3/h4-10H,11H2,1-3H3,(H,17,20). The van der Waals surface area contributed by atoms with Crippen LogP contribution in [0.4, 0.5) is 0 Å². The van der Waals surface area contributed by atoms with Crippen LogP contribution in [0.5, 0.6) is 0 Å². The number of nitrogens with zero attached hydrogens (tertiary/aromatic N) is 2. The molecule has 5 heteroatoms. The predicted octanol–water partition coefficient (Wildman–Crippen LogP) is 1.66. The first kappa shape index (κ1) is 14.8. The van der Waals surface area contributed by atoms with Gasteiger partial charge in [-0.3, -0.25) is 9.59 Å². The van der Waals surface area contributed by atoms with Gasteiger partial charge in [-0.15, -0.1) is 0 Å². The Kier molecular flexibility index (Phi) is 4.42. The molecule has 1 aromatic carbocycles. The van der Waals surface area contributed by atoms with E-state index < -0.39 is 0 Å². The van der Waals surface area contributed by atoms with E-state index in [4.69, 9.17) is 0 Å². The van der Waals surface area contributed by atoms with Crippen LogP contribution in [0, 0.1) is 0 Å². The lowest BCUT2D eigenvalue weighted by Crippen LogP contribution is -2.25. The number of aromatic nitrogens is 1. The maximum absolute atomic E-state index is 12.0. The minimum atomic E-state index is -0.115. The Hall–Kier alpha value is -2.56. The Balaban J connectivity index is 1.97. The Morgan fingerprint density at radius 1 is 1.14 bits per heavy atom. The molecular weight excluding hydrogens is 266 g/mol. The molecule has 0 atom stereocenters. The highest BCUT2D eigenvalue weighted by Crippen LogP contribution is 2.07.